The quantitative estimate of drug-likeness (QED) is 0.878. The minimum Gasteiger partial charge on any atom is -0.289 e. The van der Waals surface area contributed by atoms with Gasteiger partial charge >= 0.3 is 0 Å². The lowest BCUT2D eigenvalue weighted by Crippen LogP contribution is -2.19. The minimum absolute atomic E-state index is 0.0704. The molecule has 0 unspecified atom stereocenters. The van der Waals surface area contributed by atoms with Crippen LogP contribution < -0.4 is 0 Å². The zero-order valence-corrected chi connectivity index (χ0v) is 11.0. The minimum atomic E-state index is -0.659. The lowest BCUT2D eigenvalue weighted by atomic mass is 10.1. The Labute approximate surface area is 119 Å². The van der Waals surface area contributed by atoms with E-state index in [1.54, 1.807) is 18.3 Å². The van der Waals surface area contributed by atoms with Crippen molar-refractivity contribution in [1.82, 2.24) is 9.63 Å². The van der Waals surface area contributed by atoms with Crippen molar-refractivity contribution in [2.75, 3.05) is 0 Å². The molecular weight excluding hydrogens is 283 g/mol. The standard InChI is InChI=1S/C14H10ClFN2O2/c15-10-2-1-3-11(16)13(10)14(19)18-7-4-9-8-17(20)6-5-12(9)18/h1-7,20H,8H2. The summed E-state index contributed by atoms with van der Waals surface area (Å²) >= 11 is 5.91. The van der Waals surface area contributed by atoms with Crippen LogP contribution in [0.3, 0.4) is 0 Å². The maximum absolute atomic E-state index is 13.8. The van der Waals surface area contributed by atoms with Crippen LogP contribution in [0.25, 0.3) is 6.08 Å². The lowest BCUT2D eigenvalue weighted by Gasteiger charge is -2.17. The number of rotatable bonds is 1. The average molecular weight is 293 g/mol. The van der Waals surface area contributed by atoms with Gasteiger partial charge in [0, 0.05) is 12.4 Å². The number of hydrogen-bond donors (Lipinski definition) is 1. The van der Waals surface area contributed by atoms with E-state index in [-0.39, 0.29) is 17.1 Å². The largest absolute Gasteiger partial charge is 0.289 e. The first-order valence-corrected chi connectivity index (χ1v) is 6.28. The van der Waals surface area contributed by atoms with Gasteiger partial charge in [-0.15, -0.1) is 0 Å². The Kier molecular flexibility index (Phi) is 3.08. The summed E-state index contributed by atoms with van der Waals surface area (Å²) in [6.07, 6.45) is 4.57. The van der Waals surface area contributed by atoms with Crippen LogP contribution in [-0.4, -0.2) is 20.7 Å². The topological polar surface area (TPSA) is 45.5 Å². The van der Waals surface area contributed by atoms with Crippen LogP contribution in [-0.2, 0) is 6.54 Å². The molecule has 102 valence electrons. The summed E-state index contributed by atoms with van der Waals surface area (Å²) in [6.45, 7) is 0.275. The highest BCUT2D eigenvalue weighted by Crippen LogP contribution is 2.24. The third-order valence-corrected chi connectivity index (χ3v) is 3.46. The van der Waals surface area contributed by atoms with Crippen LogP contribution in [0.5, 0.6) is 0 Å². The average Bonchev–Trinajstić information content (AvgIpc) is 2.81. The van der Waals surface area contributed by atoms with Crippen molar-refractivity contribution in [2.45, 2.75) is 6.54 Å². The number of nitrogens with zero attached hydrogens (tertiary/aromatic N) is 2. The fourth-order valence-corrected chi connectivity index (χ4v) is 2.43. The number of benzene rings is 1. The van der Waals surface area contributed by atoms with Gasteiger partial charge in [-0.05, 0) is 29.8 Å². The Morgan fingerprint density at radius 2 is 2.15 bits per heavy atom. The molecule has 1 aromatic heterocycles. The maximum atomic E-state index is 13.8. The van der Waals surface area contributed by atoms with Gasteiger partial charge in [0.05, 0.1) is 22.8 Å². The monoisotopic (exact) mass is 292 g/mol. The Morgan fingerprint density at radius 1 is 1.35 bits per heavy atom. The summed E-state index contributed by atoms with van der Waals surface area (Å²) in [5.74, 6) is -1.20. The number of fused-ring (bicyclic) bond motifs is 1. The van der Waals surface area contributed by atoms with Gasteiger partial charge in [-0.25, -0.2) is 4.39 Å². The van der Waals surface area contributed by atoms with Crippen LogP contribution in [0.4, 0.5) is 4.39 Å². The summed E-state index contributed by atoms with van der Waals surface area (Å²) in [4.78, 5) is 12.4. The lowest BCUT2D eigenvalue weighted by molar-refractivity contribution is -0.0495. The SMILES string of the molecule is O=C(c1c(F)cccc1Cl)n1ccc2c1C=CN(O)C2. The van der Waals surface area contributed by atoms with Crippen LogP contribution in [0, 0.1) is 5.82 Å². The Morgan fingerprint density at radius 3 is 2.90 bits per heavy atom. The fourth-order valence-electron chi connectivity index (χ4n) is 2.19. The second kappa shape index (κ2) is 4.77. The first-order chi connectivity index (χ1) is 9.58. The molecule has 6 heteroatoms. The summed E-state index contributed by atoms with van der Waals surface area (Å²) < 4.78 is 15.1. The van der Waals surface area contributed by atoms with Gasteiger partial charge in [-0.2, -0.15) is 0 Å². The van der Waals surface area contributed by atoms with Crippen molar-refractivity contribution < 1.29 is 14.4 Å². The van der Waals surface area contributed by atoms with E-state index < -0.39 is 11.7 Å². The van der Waals surface area contributed by atoms with Gasteiger partial charge < -0.3 is 0 Å². The number of halogens is 2. The normalized spacial score (nSPS) is 13.4. The van der Waals surface area contributed by atoms with E-state index in [1.807, 2.05) is 0 Å². The molecule has 1 aliphatic heterocycles. The van der Waals surface area contributed by atoms with Crippen LogP contribution in [0.1, 0.15) is 21.6 Å². The van der Waals surface area contributed by atoms with Crippen molar-refractivity contribution in [3.8, 4) is 0 Å². The first-order valence-electron chi connectivity index (χ1n) is 5.90. The zero-order valence-electron chi connectivity index (χ0n) is 10.3. The van der Waals surface area contributed by atoms with Gasteiger partial charge in [0.15, 0.2) is 0 Å². The molecule has 0 bridgehead atoms. The number of aromatic nitrogens is 1. The Balaban J connectivity index is 2.08. The molecule has 2 aromatic rings. The third kappa shape index (κ3) is 2.01. The molecule has 0 radical (unpaired) electrons. The van der Waals surface area contributed by atoms with Crippen LogP contribution >= 0.6 is 11.6 Å². The number of hydroxylamine groups is 2. The summed E-state index contributed by atoms with van der Waals surface area (Å²) in [5, 5.41) is 10.5. The van der Waals surface area contributed by atoms with Crippen molar-refractivity contribution in [1.29, 1.82) is 0 Å². The maximum Gasteiger partial charge on any atom is 0.266 e. The summed E-state index contributed by atoms with van der Waals surface area (Å²) in [7, 11) is 0. The van der Waals surface area contributed by atoms with E-state index in [1.165, 1.54) is 29.0 Å². The van der Waals surface area contributed by atoms with Crippen molar-refractivity contribution >= 4 is 23.6 Å². The molecule has 3 rings (SSSR count). The smallest absolute Gasteiger partial charge is 0.266 e. The molecule has 0 amide bonds. The predicted molar refractivity (Wildman–Crippen MR) is 71.9 cm³/mol. The Hall–Kier alpha value is -2.11. The highest BCUT2D eigenvalue weighted by Gasteiger charge is 2.22. The highest BCUT2D eigenvalue weighted by atomic mass is 35.5. The molecule has 0 spiro atoms. The summed E-state index contributed by atoms with van der Waals surface area (Å²) in [5.41, 5.74) is 1.22. The molecule has 0 saturated carbocycles. The second-order valence-electron chi connectivity index (χ2n) is 4.41. The van der Waals surface area contributed by atoms with Crippen LogP contribution in [0.2, 0.25) is 5.02 Å². The van der Waals surface area contributed by atoms with E-state index in [4.69, 9.17) is 11.6 Å². The highest BCUT2D eigenvalue weighted by molar-refractivity contribution is 6.34. The molecule has 0 fully saturated rings. The van der Waals surface area contributed by atoms with E-state index >= 15 is 0 Å². The molecule has 1 aromatic carbocycles. The summed E-state index contributed by atoms with van der Waals surface area (Å²) in [6, 6.07) is 5.82. The van der Waals surface area contributed by atoms with E-state index in [9.17, 15) is 14.4 Å². The molecule has 0 atom stereocenters. The molecule has 0 aliphatic carbocycles. The third-order valence-electron chi connectivity index (χ3n) is 3.15. The van der Waals surface area contributed by atoms with Gasteiger partial charge in [-0.1, -0.05) is 17.7 Å². The molecular formula is C14H10ClFN2O2. The number of carbonyl (C=O) groups excluding carboxylic acids is 1. The van der Waals surface area contributed by atoms with Gasteiger partial charge in [0.2, 0.25) is 0 Å². The second-order valence-corrected chi connectivity index (χ2v) is 4.82. The van der Waals surface area contributed by atoms with Gasteiger partial charge in [0.25, 0.3) is 5.91 Å². The van der Waals surface area contributed by atoms with E-state index in [0.717, 1.165) is 10.6 Å². The van der Waals surface area contributed by atoms with Crippen molar-refractivity contribution in [2.24, 2.45) is 0 Å². The Bertz CT molecular complexity index is 704. The van der Waals surface area contributed by atoms with Gasteiger partial charge in [0.1, 0.15) is 5.82 Å². The van der Waals surface area contributed by atoms with E-state index in [2.05, 4.69) is 0 Å². The molecule has 1 aliphatic rings. The number of carbonyl (C=O) groups is 1. The molecule has 4 nitrogen and oxygen atoms in total. The first kappa shape index (κ1) is 12.9. The molecule has 2 heterocycles. The van der Waals surface area contributed by atoms with Crippen molar-refractivity contribution in [3.05, 3.63) is 64.3 Å². The predicted octanol–water partition coefficient (Wildman–Crippen LogP) is 3.14. The van der Waals surface area contributed by atoms with Crippen molar-refractivity contribution in [3.63, 3.8) is 0 Å². The van der Waals surface area contributed by atoms with Gasteiger partial charge in [-0.3, -0.25) is 19.6 Å². The molecule has 0 saturated heterocycles. The molecule has 20 heavy (non-hydrogen) atoms. The van der Waals surface area contributed by atoms with Crippen LogP contribution in [0.15, 0.2) is 36.7 Å². The fraction of sp³-hybridized carbons (Fsp3) is 0.0714. The van der Waals surface area contributed by atoms with E-state index in [0.29, 0.717) is 5.69 Å². The zero-order chi connectivity index (χ0) is 14.3. The number of hydrogen-bond acceptors (Lipinski definition) is 3. The molecule has 1 N–H and O–H groups in total.